The Bertz CT molecular complexity index is 488. The van der Waals surface area contributed by atoms with Gasteiger partial charge in [0, 0.05) is 19.6 Å². The van der Waals surface area contributed by atoms with Crippen LogP contribution in [0.5, 0.6) is 0 Å². The highest BCUT2D eigenvalue weighted by molar-refractivity contribution is 7.89. The molecule has 0 amide bonds. The molecule has 1 atom stereocenters. The van der Waals surface area contributed by atoms with Gasteiger partial charge in [-0.15, -0.1) is 11.3 Å². The fraction of sp³-hybridized carbons (Fsp3) is 0.556. The number of hydrogen-bond donors (Lipinski definition) is 3. The third-order valence-corrected chi connectivity index (χ3v) is 5.16. The van der Waals surface area contributed by atoms with Crippen LogP contribution in [-0.2, 0) is 10.0 Å². The minimum Gasteiger partial charge on any atom is -0.392 e. The summed E-state index contributed by atoms with van der Waals surface area (Å²) in [5, 5.41) is 11.9. The first-order valence-corrected chi connectivity index (χ1v) is 8.22. The van der Waals surface area contributed by atoms with Gasteiger partial charge in [-0.2, -0.15) is 0 Å². The predicted octanol–water partition coefficient (Wildman–Crippen LogP) is 1.30. The summed E-state index contributed by atoms with van der Waals surface area (Å²) in [6.07, 6.45) is -0.466. The largest absolute Gasteiger partial charge is 0.392 e. The number of thiophene rings is 1. The Labute approximate surface area is 120 Å². The van der Waals surface area contributed by atoms with E-state index >= 15 is 0 Å². The SMILES string of the molecule is CC(O)CNCCNS(=O)(=O)c1cc(Cl)sc1Cl. The highest BCUT2D eigenvalue weighted by Gasteiger charge is 2.20. The third kappa shape index (κ3) is 5.00. The van der Waals surface area contributed by atoms with Crippen LogP contribution in [0.4, 0.5) is 0 Å². The van der Waals surface area contributed by atoms with E-state index in [1.54, 1.807) is 6.92 Å². The molecule has 0 bridgehead atoms. The molecule has 0 saturated heterocycles. The Hall–Kier alpha value is 0.110. The highest BCUT2D eigenvalue weighted by atomic mass is 35.5. The number of aliphatic hydroxyl groups is 1. The fourth-order valence-corrected chi connectivity index (χ4v) is 4.35. The van der Waals surface area contributed by atoms with Crippen LogP contribution < -0.4 is 10.0 Å². The van der Waals surface area contributed by atoms with Crippen LogP contribution in [0, 0.1) is 0 Å². The third-order valence-electron chi connectivity index (χ3n) is 1.95. The molecular formula is C9H14Cl2N2O3S2. The first-order chi connectivity index (χ1) is 8.33. The molecule has 0 aliphatic rings. The zero-order chi connectivity index (χ0) is 13.8. The van der Waals surface area contributed by atoms with E-state index in [1.165, 1.54) is 6.07 Å². The lowest BCUT2D eigenvalue weighted by Gasteiger charge is -2.08. The first kappa shape index (κ1) is 16.2. The molecule has 1 heterocycles. The number of nitrogens with one attached hydrogen (secondary N) is 2. The molecule has 0 aliphatic carbocycles. The lowest BCUT2D eigenvalue weighted by atomic mass is 10.4. The second-order valence-electron chi connectivity index (χ2n) is 3.64. The molecule has 1 aromatic heterocycles. The number of rotatable bonds is 7. The van der Waals surface area contributed by atoms with E-state index in [-0.39, 0.29) is 15.8 Å². The van der Waals surface area contributed by atoms with Crippen LogP contribution in [-0.4, -0.2) is 39.3 Å². The van der Waals surface area contributed by atoms with Crippen molar-refractivity contribution in [3.8, 4) is 0 Å². The zero-order valence-corrected chi connectivity index (χ0v) is 12.8. The number of sulfonamides is 1. The number of aliphatic hydroxyl groups excluding tert-OH is 1. The quantitative estimate of drug-likeness (QED) is 0.658. The number of hydrogen-bond acceptors (Lipinski definition) is 5. The van der Waals surface area contributed by atoms with E-state index in [9.17, 15) is 8.42 Å². The summed E-state index contributed by atoms with van der Waals surface area (Å²) in [6, 6.07) is 1.32. The molecule has 0 aliphatic heterocycles. The highest BCUT2D eigenvalue weighted by Crippen LogP contribution is 2.33. The van der Waals surface area contributed by atoms with Gasteiger partial charge < -0.3 is 10.4 Å². The second-order valence-corrected chi connectivity index (χ2v) is 7.66. The lowest BCUT2D eigenvalue weighted by molar-refractivity contribution is 0.192. The van der Waals surface area contributed by atoms with Crippen molar-refractivity contribution in [3.63, 3.8) is 0 Å². The Kier molecular flexibility index (Phi) is 6.32. The summed E-state index contributed by atoms with van der Waals surface area (Å²) < 4.78 is 26.5. The smallest absolute Gasteiger partial charge is 0.243 e. The van der Waals surface area contributed by atoms with Crippen LogP contribution >= 0.6 is 34.5 Å². The minimum atomic E-state index is -3.63. The topological polar surface area (TPSA) is 78.4 Å². The summed E-state index contributed by atoms with van der Waals surface area (Å²) in [6.45, 7) is 2.68. The molecule has 0 spiro atoms. The molecule has 0 aromatic carbocycles. The van der Waals surface area contributed by atoms with Crippen molar-refractivity contribution in [2.45, 2.75) is 17.9 Å². The van der Waals surface area contributed by atoms with Crippen LogP contribution in [0.15, 0.2) is 11.0 Å². The molecule has 1 aromatic rings. The molecule has 104 valence electrons. The molecule has 0 radical (unpaired) electrons. The van der Waals surface area contributed by atoms with E-state index in [2.05, 4.69) is 10.0 Å². The zero-order valence-electron chi connectivity index (χ0n) is 9.61. The summed E-state index contributed by atoms with van der Waals surface area (Å²) in [7, 11) is -3.63. The van der Waals surface area contributed by atoms with Gasteiger partial charge in [0.1, 0.15) is 9.23 Å². The van der Waals surface area contributed by atoms with Gasteiger partial charge in [0.2, 0.25) is 10.0 Å². The van der Waals surface area contributed by atoms with E-state index < -0.39 is 16.1 Å². The maximum absolute atomic E-state index is 11.8. The van der Waals surface area contributed by atoms with Crippen molar-refractivity contribution in [1.82, 2.24) is 10.0 Å². The van der Waals surface area contributed by atoms with E-state index in [1.807, 2.05) is 0 Å². The van der Waals surface area contributed by atoms with Crippen LogP contribution in [0.3, 0.4) is 0 Å². The minimum absolute atomic E-state index is 0.00491. The van der Waals surface area contributed by atoms with Crippen molar-refractivity contribution in [1.29, 1.82) is 0 Å². The van der Waals surface area contributed by atoms with Gasteiger partial charge in [-0.1, -0.05) is 23.2 Å². The molecular weight excluding hydrogens is 319 g/mol. The van der Waals surface area contributed by atoms with E-state index in [0.717, 1.165) is 11.3 Å². The maximum atomic E-state index is 11.8. The first-order valence-electron chi connectivity index (χ1n) is 5.16. The van der Waals surface area contributed by atoms with Gasteiger partial charge in [0.15, 0.2) is 0 Å². The molecule has 1 unspecified atom stereocenters. The van der Waals surface area contributed by atoms with Gasteiger partial charge in [-0.05, 0) is 13.0 Å². The Balaban J connectivity index is 2.48. The molecule has 0 saturated carbocycles. The van der Waals surface area contributed by atoms with Gasteiger partial charge in [-0.3, -0.25) is 0 Å². The van der Waals surface area contributed by atoms with Gasteiger partial charge in [0.05, 0.1) is 10.4 Å². The molecule has 5 nitrogen and oxygen atoms in total. The summed E-state index contributed by atoms with van der Waals surface area (Å²) in [5.41, 5.74) is 0. The monoisotopic (exact) mass is 332 g/mol. The summed E-state index contributed by atoms with van der Waals surface area (Å²) in [4.78, 5) is -0.00491. The van der Waals surface area contributed by atoms with Crippen molar-refractivity contribution in [2.75, 3.05) is 19.6 Å². The molecule has 1 rings (SSSR count). The predicted molar refractivity (Wildman–Crippen MR) is 74.1 cm³/mol. The van der Waals surface area contributed by atoms with Crippen molar-refractivity contribution in [2.24, 2.45) is 0 Å². The Morgan fingerprint density at radius 2 is 2.11 bits per heavy atom. The maximum Gasteiger partial charge on any atom is 0.243 e. The summed E-state index contributed by atoms with van der Waals surface area (Å²) in [5.74, 6) is 0. The van der Waals surface area contributed by atoms with Gasteiger partial charge in [0.25, 0.3) is 0 Å². The Morgan fingerprint density at radius 1 is 1.44 bits per heavy atom. The molecule has 0 fully saturated rings. The van der Waals surface area contributed by atoms with Crippen LogP contribution in [0.1, 0.15) is 6.92 Å². The lowest BCUT2D eigenvalue weighted by Crippen LogP contribution is -2.34. The van der Waals surface area contributed by atoms with Gasteiger partial charge in [-0.25, -0.2) is 13.1 Å². The van der Waals surface area contributed by atoms with Crippen molar-refractivity contribution in [3.05, 3.63) is 14.7 Å². The second kappa shape index (κ2) is 7.04. The summed E-state index contributed by atoms with van der Waals surface area (Å²) >= 11 is 12.5. The average molecular weight is 333 g/mol. The Morgan fingerprint density at radius 3 is 2.61 bits per heavy atom. The molecule has 3 N–H and O–H groups in total. The molecule has 9 heteroatoms. The standard InChI is InChI=1S/C9H14Cl2N2O3S2/c1-6(14)5-12-2-3-13-18(15,16)7-4-8(10)17-9(7)11/h4,6,12-14H,2-3,5H2,1H3. The van der Waals surface area contributed by atoms with Crippen molar-refractivity contribution >= 4 is 44.6 Å². The van der Waals surface area contributed by atoms with Gasteiger partial charge >= 0.3 is 0 Å². The molecule has 18 heavy (non-hydrogen) atoms. The van der Waals surface area contributed by atoms with E-state index in [0.29, 0.717) is 17.4 Å². The number of halogens is 2. The fourth-order valence-electron chi connectivity index (χ4n) is 1.17. The van der Waals surface area contributed by atoms with Crippen LogP contribution in [0.25, 0.3) is 0 Å². The van der Waals surface area contributed by atoms with Crippen LogP contribution in [0.2, 0.25) is 8.67 Å². The average Bonchev–Trinajstić information content (AvgIpc) is 2.57. The van der Waals surface area contributed by atoms with Crippen molar-refractivity contribution < 1.29 is 13.5 Å². The normalized spacial score (nSPS) is 13.8. The van der Waals surface area contributed by atoms with E-state index in [4.69, 9.17) is 28.3 Å².